The zero-order valence-electron chi connectivity index (χ0n) is 22.2. The summed E-state index contributed by atoms with van der Waals surface area (Å²) in [6.45, 7) is 9.79. The van der Waals surface area contributed by atoms with Crippen LogP contribution < -0.4 is 10.2 Å². The third kappa shape index (κ3) is 4.50. The summed E-state index contributed by atoms with van der Waals surface area (Å²) >= 11 is 0. The van der Waals surface area contributed by atoms with Gasteiger partial charge in [0.1, 0.15) is 5.69 Å². The van der Waals surface area contributed by atoms with Gasteiger partial charge in [0.2, 0.25) is 5.91 Å². The fourth-order valence-corrected chi connectivity index (χ4v) is 4.84. The number of anilines is 2. The Bertz CT molecular complexity index is 1640. The van der Waals surface area contributed by atoms with Crippen molar-refractivity contribution in [1.29, 1.82) is 0 Å². The van der Waals surface area contributed by atoms with Crippen LogP contribution >= 0.6 is 0 Å². The summed E-state index contributed by atoms with van der Waals surface area (Å²) in [5.41, 5.74) is 6.71. The summed E-state index contributed by atoms with van der Waals surface area (Å²) < 4.78 is 0. The largest absolute Gasteiger partial charge is 0.368 e. The first-order valence-corrected chi connectivity index (χ1v) is 12.9. The maximum Gasteiger partial charge on any atom is 0.229 e. The molecule has 4 aromatic heterocycles. The highest BCUT2D eigenvalue weighted by molar-refractivity contribution is 6.00. The summed E-state index contributed by atoms with van der Waals surface area (Å²) in [6.07, 6.45) is 5.20. The third-order valence-electron chi connectivity index (χ3n) is 7.16. The molecule has 9 heteroatoms. The predicted octanol–water partition coefficient (Wildman–Crippen LogP) is 4.90. The van der Waals surface area contributed by atoms with E-state index in [0.29, 0.717) is 5.69 Å². The molecule has 194 valence electrons. The number of hydrogen-bond donors (Lipinski definition) is 3. The Hall–Kier alpha value is -4.24. The van der Waals surface area contributed by atoms with Crippen LogP contribution in [0.15, 0.2) is 55.0 Å². The highest BCUT2D eigenvalue weighted by Gasteiger charge is 2.22. The number of carbonyl (C=O) groups is 1. The molecule has 1 aliphatic rings. The van der Waals surface area contributed by atoms with Crippen molar-refractivity contribution >= 4 is 39.1 Å². The van der Waals surface area contributed by atoms with Crippen molar-refractivity contribution in [1.82, 2.24) is 30.0 Å². The van der Waals surface area contributed by atoms with Gasteiger partial charge in [0.05, 0.1) is 35.0 Å². The zero-order chi connectivity index (χ0) is 26.4. The number of nitrogens with one attached hydrogen (secondary N) is 3. The van der Waals surface area contributed by atoms with Crippen molar-refractivity contribution in [2.45, 2.75) is 20.8 Å². The van der Waals surface area contributed by atoms with Gasteiger partial charge in [-0.25, -0.2) is 0 Å². The van der Waals surface area contributed by atoms with Crippen molar-refractivity contribution in [3.63, 3.8) is 0 Å². The minimum Gasteiger partial charge on any atom is -0.368 e. The number of hydrogen-bond acceptors (Lipinski definition) is 6. The van der Waals surface area contributed by atoms with Crippen LogP contribution in [0.4, 0.5) is 11.4 Å². The monoisotopic (exact) mass is 508 g/mol. The van der Waals surface area contributed by atoms with Crippen molar-refractivity contribution in [2.24, 2.45) is 5.41 Å². The van der Waals surface area contributed by atoms with Crippen LogP contribution in [0.1, 0.15) is 20.8 Å². The Balaban J connectivity index is 1.35. The number of rotatable bonds is 4. The smallest absolute Gasteiger partial charge is 0.229 e. The molecule has 9 nitrogen and oxygen atoms in total. The molecule has 0 radical (unpaired) electrons. The number of aromatic amines is 2. The molecule has 0 bridgehead atoms. The van der Waals surface area contributed by atoms with Crippen LogP contribution in [0.2, 0.25) is 0 Å². The SMILES string of the molecule is CN1CCN(c2cccc3[nH]c(-c4n[nH]c5cnc(-c6cncc(NC(=O)C(C)(C)C)c6)cc45)cc23)CC1. The molecule has 6 rings (SSSR count). The van der Waals surface area contributed by atoms with E-state index in [1.807, 2.05) is 32.9 Å². The Morgan fingerprint density at radius 1 is 0.974 bits per heavy atom. The quantitative estimate of drug-likeness (QED) is 0.319. The number of likely N-dealkylation sites (N-methyl/N-ethyl adjacent to an activating group) is 1. The number of H-pyrrole nitrogens is 2. The second-order valence-corrected chi connectivity index (χ2v) is 11.1. The van der Waals surface area contributed by atoms with Gasteiger partial charge in [0, 0.05) is 65.3 Å². The van der Waals surface area contributed by atoms with Crippen molar-refractivity contribution in [3.05, 3.63) is 55.0 Å². The molecule has 1 fully saturated rings. The summed E-state index contributed by atoms with van der Waals surface area (Å²) in [6, 6.07) is 12.5. The van der Waals surface area contributed by atoms with E-state index in [1.54, 1.807) is 18.6 Å². The van der Waals surface area contributed by atoms with E-state index in [-0.39, 0.29) is 5.91 Å². The first-order chi connectivity index (χ1) is 18.3. The lowest BCUT2D eigenvalue weighted by atomic mass is 9.95. The lowest BCUT2D eigenvalue weighted by Crippen LogP contribution is -2.44. The average molecular weight is 509 g/mol. The third-order valence-corrected chi connectivity index (χ3v) is 7.16. The lowest BCUT2D eigenvalue weighted by Gasteiger charge is -2.34. The van der Waals surface area contributed by atoms with E-state index in [0.717, 1.165) is 65.2 Å². The minimum atomic E-state index is -0.497. The van der Waals surface area contributed by atoms with E-state index in [9.17, 15) is 4.79 Å². The van der Waals surface area contributed by atoms with Gasteiger partial charge in [-0.2, -0.15) is 5.10 Å². The average Bonchev–Trinajstić information content (AvgIpc) is 3.52. The topological polar surface area (TPSA) is 106 Å². The number of amides is 1. The number of aromatic nitrogens is 5. The van der Waals surface area contributed by atoms with Crippen LogP contribution in [0.3, 0.4) is 0 Å². The van der Waals surface area contributed by atoms with Crippen LogP contribution in [-0.2, 0) is 4.79 Å². The van der Waals surface area contributed by atoms with Gasteiger partial charge in [0.15, 0.2) is 0 Å². The summed E-state index contributed by atoms with van der Waals surface area (Å²) in [4.78, 5) is 29.8. The molecule has 0 aliphatic carbocycles. The number of pyridine rings is 2. The number of nitrogens with zero attached hydrogens (tertiary/aromatic N) is 5. The van der Waals surface area contributed by atoms with E-state index in [2.05, 4.69) is 71.6 Å². The standard InChI is InChI=1S/C29H32N8O/c1-29(2,3)28(38)32-19-12-18(15-30-16-19)23-14-21-25(17-31-23)34-35-27(21)24-13-20-22(33-24)6-5-7-26(20)37-10-8-36(4)9-11-37/h5-7,12-17,33H,8-11H2,1-4H3,(H,32,38)(H,34,35). The summed E-state index contributed by atoms with van der Waals surface area (Å²) in [5, 5.41) is 12.9. The van der Waals surface area contributed by atoms with Gasteiger partial charge in [0.25, 0.3) is 0 Å². The summed E-state index contributed by atoms with van der Waals surface area (Å²) in [7, 11) is 2.17. The van der Waals surface area contributed by atoms with Gasteiger partial charge in [-0.15, -0.1) is 0 Å². The molecule has 1 amide bonds. The number of benzene rings is 1. The lowest BCUT2D eigenvalue weighted by molar-refractivity contribution is -0.123. The van der Waals surface area contributed by atoms with E-state index in [1.165, 1.54) is 11.1 Å². The van der Waals surface area contributed by atoms with Crippen molar-refractivity contribution in [2.75, 3.05) is 43.4 Å². The first kappa shape index (κ1) is 24.1. The van der Waals surface area contributed by atoms with Gasteiger partial charge in [-0.1, -0.05) is 26.8 Å². The Morgan fingerprint density at radius 3 is 2.58 bits per heavy atom. The molecular formula is C29H32N8O. The fourth-order valence-electron chi connectivity index (χ4n) is 4.84. The Labute approximate surface area is 221 Å². The minimum absolute atomic E-state index is 0.0632. The summed E-state index contributed by atoms with van der Waals surface area (Å²) in [5.74, 6) is -0.0632. The molecular weight excluding hydrogens is 476 g/mol. The molecule has 0 saturated carbocycles. The Kier molecular flexibility index (Phi) is 5.87. The van der Waals surface area contributed by atoms with Crippen LogP contribution in [0.5, 0.6) is 0 Å². The van der Waals surface area contributed by atoms with E-state index in [4.69, 9.17) is 0 Å². The van der Waals surface area contributed by atoms with Gasteiger partial charge in [-0.05, 0) is 37.4 Å². The molecule has 1 aromatic carbocycles. The highest BCUT2D eigenvalue weighted by atomic mass is 16.2. The zero-order valence-corrected chi connectivity index (χ0v) is 22.2. The molecule has 0 atom stereocenters. The molecule has 1 aliphatic heterocycles. The normalized spacial score (nSPS) is 14.9. The maximum atomic E-state index is 12.5. The molecule has 0 unspecified atom stereocenters. The second kappa shape index (κ2) is 9.25. The molecule has 5 heterocycles. The predicted molar refractivity (Wildman–Crippen MR) is 152 cm³/mol. The number of piperazine rings is 1. The number of carbonyl (C=O) groups excluding carboxylic acids is 1. The van der Waals surface area contributed by atoms with Crippen LogP contribution in [0, 0.1) is 5.41 Å². The fraction of sp³-hybridized carbons (Fsp3) is 0.310. The molecule has 1 saturated heterocycles. The van der Waals surface area contributed by atoms with Gasteiger partial charge in [-0.3, -0.25) is 19.9 Å². The first-order valence-electron chi connectivity index (χ1n) is 12.9. The molecule has 0 spiro atoms. The van der Waals surface area contributed by atoms with E-state index < -0.39 is 5.41 Å². The Morgan fingerprint density at radius 2 is 1.79 bits per heavy atom. The second-order valence-electron chi connectivity index (χ2n) is 11.1. The number of fused-ring (bicyclic) bond motifs is 2. The molecule has 38 heavy (non-hydrogen) atoms. The maximum absolute atomic E-state index is 12.5. The molecule has 5 aromatic rings. The van der Waals surface area contributed by atoms with Crippen molar-refractivity contribution in [3.8, 4) is 22.6 Å². The van der Waals surface area contributed by atoms with E-state index >= 15 is 0 Å². The van der Waals surface area contributed by atoms with Gasteiger partial charge < -0.3 is 20.1 Å². The highest BCUT2D eigenvalue weighted by Crippen LogP contribution is 2.34. The van der Waals surface area contributed by atoms with Crippen LogP contribution in [0.25, 0.3) is 44.5 Å². The van der Waals surface area contributed by atoms with Crippen LogP contribution in [-0.4, -0.2) is 69.2 Å². The van der Waals surface area contributed by atoms with Crippen molar-refractivity contribution < 1.29 is 4.79 Å². The van der Waals surface area contributed by atoms with Gasteiger partial charge >= 0.3 is 0 Å². The molecule has 3 N–H and O–H groups in total.